The molecule has 0 atom stereocenters. The van der Waals surface area contributed by atoms with Crippen molar-refractivity contribution >= 4 is 17.4 Å². The van der Waals surface area contributed by atoms with Crippen molar-refractivity contribution in [2.45, 2.75) is 12.8 Å². The number of hydrogen-bond donors (Lipinski definition) is 0. The molecule has 3 heteroatoms. The van der Waals surface area contributed by atoms with E-state index in [1.165, 1.54) is 12.8 Å². The van der Waals surface area contributed by atoms with Gasteiger partial charge in [0.15, 0.2) is 5.78 Å². The van der Waals surface area contributed by atoms with E-state index < -0.39 is 0 Å². The van der Waals surface area contributed by atoms with Crippen molar-refractivity contribution in [2.75, 3.05) is 13.2 Å². The first-order valence-corrected chi connectivity index (χ1v) is 5.50. The van der Waals surface area contributed by atoms with Gasteiger partial charge in [0.25, 0.3) is 0 Å². The first-order chi connectivity index (χ1) is 7.25. The SMILES string of the molecule is O=C(COCC1CC1)c1ccc(Cl)cc1. The van der Waals surface area contributed by atoms with Gasteiger partial charge in [-0.3, -0.25) is 4.79 Å². The van der Waals surface area contributed by atoms with Gasteiger partial charge in [-0.25, -0.2) is 0 Å². The highest BCUT2D eigenvalue weighted by molar-refractivity contribution is 6.30. The van der Waals surface area contributed by atoms with Crippen LogP contribution in [0.2, 0.25) is 5.02 Å². The maximum Gasteiger partial charge on any atom is 0.188 e. The molecule has 0 aliphatic heterocycles. The molecule has 1 aliphatic carbocycles. The zero-order valence-electron chi connectivity index (χ0n) is 8.41. The van der Waals surface area contributed by atoms with E-state index in [2.05, 4.69) is 0 Å². The molecule has 0 spiro atoms. The Balaban J connectivity index is 1.81. The zero-order valence-corrected chi connectivity index (χ0v) is 9.17. The fourth-order valence-corrected chi connectivity index (χ4v) is 1.45. The van der Waals surface area contributed by atoms with Crippen LogP contribution in [0.3, 0.4) is 0 Å². The molecule has 2 rings (SSSR count). The molecule has 0 bridgehead atoms. The number of halogens is 1. The number of benzene rings is 1. The van der Waals surface area contributed by atoms with E-state index in [4.69, 9.17) is 16.3 Å². The molecule has 1 saturated carbocycles. The van der Waals surface area contributed by atoms with Crippen molar-refractivity contribution in [1.82, 2.24) is 0 Å². The molecule has 80 valence electrons. The average molecular weight is 225 g/mol. The minimum atomic E-state index is 0.0207. The summed E-state index contributed by atoms with van der Waals surface area (Å²) in [5.74, 6) is 0.718. The lowest BCUT2D eigenvalue weighted by Crippen LogP contribution is -2.10. The van der Waals surface area contributed by atoms with Crippen LogP contribution in [0.4, 0.5) is 0 Å². The molecule has 0 radical (unpaired) electrons. The molecule has 1 fully saturated rings. The summed E-state index contributed by atoms with van der Waals surface area (Å²) in [6.45, 7) is 0.900. The zero-order chi connectivity index (χ0) is 10.7. The molecule has 0 N–H and O–H groups in total. The van der Waals surface area contributed by atoms with Crippen molar-refractivity contribution in [3.63, 3.8) is 0 Å². The first-order valence-electron chi connectivity index (χ1n) is 5.12. The molecule has 0 saturated heterocycles. The minimum absolute atomic E-state index is 0.0207. The lowest BCUT2D eigenvalue weighted by Gasteiger charge is -2.02. The third-order valence-electron chi connectivity index (χ3n) is 2.45. The summed E-state index contributed by atoms with van der Waals surface area (Å²) in [5.41, 5.74) is 0.662. The van der Waals surface area contributed by atoms with Gasteiger partial charge in [-0.15, -0.1) is 0 Å². The molecule has 1 aromatic rings. The van der Waals surface area contributed by atoms with Crippen molar-refractivity contribution in [3.05, 3.63) is 34.9 Å². The second kappa shape index (κ2) is 4.77. The van der Waals surface area contributed by atoms with Crippen LogP contribution in [0, 0.1) is 5.92 Å². The molecular weight excluding hydrogens is 212 g/mol. The molecule has 2 nitrogen and oxygen atoms in total. The highest BCUT2D eigenvalue weighted by Gasteiger charge is 2.21. The van der Waals surface area contributed by atoms with E-state index in [1.807, 2.05) is 0 Å². The first kappa shape index (κ1) is 10.7. The van der Waals surface area contributed by atoms with Crippen LogP contribution >= 0.6 is 11.6 Å². The van der Waals surface area contributed by atoms with Crippen LogP contribution in [-0.4, -0.2) is 19.0 Å². The van der Waals surface area contributed by atoms with Gasteiger partial charge in [-0.05, 0) is 43.0 Å². The highest BCUT2D eigenvalue weighted by Crippen LogP contribution is 2.28. The normalized spacial score (nSPS) is 15.3. The number of ether oxygens (including phenoxy) is 1. The van der Waals surface area contributed by atoms with Crippen molar-refractivity contribution in [1.29, 1.82) is 0 Å². The van der Waals surface area contributed by atoms with Crippen molar-refractivity contribution in [3.8, 4) is 0 Å². The highest BCUT2D eigenvalue weighted by atomic mass is 35.5. The lowest BCUT2D eigenvalue weighted by atomic mass is 10.1. The predicted molar refractivity (Wildman–Crippen MR) is 59.3 cm³/mol. The van der Waals surface area contributed by atoms with E-state index >= 15 is 0 Å². The summed E-state index contributed by atoms with van der Waals surface area (Å²) >= 11 is 5.73. The molecular formula is C12H13ClO2. The minimum Gasteiger partial charge on any atom is -0.373 e. The molecule has 15 heavy (non-hydrogen) atoms. The van der Waals surface area contributed by atoms with E-state index in [9.17, 15) is 4.79 Å². The number of rotatable bonds is 5. The number of ketones is 1. The fourth-order valence-electron chi connectivity index (χ4n) is 1.32. The van der Waals surface area contributed by atoms with Gasteiger partial charge < -0.3 is 4.74 Å². The van der Waals surface area contributed by atoms with Crippen LogP contribution in [0.15, 0.2) is 24.3 Å². The van der Waals surface area contributed by atoms with E-state index in [0.717, 1.165) is 6.61 Å². The van der Waals surface area contributed by atoms with Crippen LogP contribution in [0.1, 0.15) is 23.2 Å². The topological polar surface area (TPSA) is 26.3 Å². The maximum atomic E-state index is 11.6. The monoisotopic (exact) mass is 224 g/mol. The molecule has 0 aromatic heterocycles. The summed E-state index contributed by atoms with van der Waals surface area (Å²) in [6, 6.07) is 6.89. The van der Waals surface area contributed by atoms with Gasteiger partial charge in [-0.1, -0.05) is 11.6 Å². The summed E-state index contributed by atoms with van der Waals surface area (Å²) < 4.78 is 5.32. The van der Waals surface area contributed by atoms with Crippen molar-refractivity contribution < 1.29 is 9.53 Å². The molecule has 1 aromatic carbocycles. The molecule has 0 unspecified atom stereocenters. The molecule has 0 amide bonds. The Kier molecular flexibility index (Phi) is 3.39. The van der Waals surface area contributed by atoms with Gasteiger partial charge in [0.05, 0.1) is 6.61 Å². The van der Waals surface area contributed by atoms with Crippen LogP contribution in [0.25, 0.3) is 0 Å². The summed E-state index contributed by atoms with van der Waals surface area (Å²) in [6.07, 6.45) is 2.49. The average Bonchev–Trinajstić information content (AvgIpc) is 3.02. The Morgan fingerprint density at radius 1 is 1.33 bits per heavy atom. The standard InChI is InChI=1S/C12H13ClO2/c13-11-5-3-10(4-6-11)12(14)8-15-7-9-1-2-9/h3-6,9H,1-2,7-8H2. The Hall–Kier alpha value is -0.860. The Labute approximate surface area is 94.2 Å². The number of carbonyl (C=O) groups excluding carboxylic acids is 1. The Morgan fingerprint density at radius 2 is 2.00 bits per heavy atom. The van der Waals surface area contributed by atoms with Gasteiger partial charge in [0.1, 0.15) is 6.61 Å². The fraction of sp³-hybridized carbons (Fsp3) is 0.417. The quantitative estimate of drug-likeness (QED) is 0.719. The Morgan fingerprint density at radius 3 is 2.60 bits per heavy atom. The summed E-state index contributed by atoms with van der Waals surface area (Å²) in [7, 11) is 0. The van der Waals surface area contributed by atoms with E-state index in [0.29, 0.717) is 16.5 Å². The van der Waals surface area contributed by atoms with E-state index in [1.54, 1.807) is 24.3 Å². The van der Waals surface area contributed by atoms with Crippen molar-refractivity contribution in [2.24, 2.45) is 5.92 Å². The molecule has 0 heterocycles. The molecule has 1 aliphatic rings. The van der Waals surface area contributed by atoms with Crippen LogP contribution in [0.5, 0.6) is 0 Å². The number of Topliss-reactive ketones (excluding diaryl/α,β-unsaturated/α-hetero) is 1. The van der Waals surface area contributed by atoms with Gasteiger partial charge in [0.2, 0.25) is 0 Å². The van der Waals surface area contributed by atoms with Crippen LogP contribution < -0.4 is 0 Å². The van der Waals surface area contributed by atoms with Gasteiger partial charge >= 0.3 is 0 Å². The second-order valence-corrected chi connectivity index (χ2v) is 4.33. The third kappa shape index (κ3) is 3.33. The number of carbonyl (C=O) groups is 1. The van der Waals surface area contributed by atoms with Gasteiger partial charge in [0, 0.05) is 10.6 Å². The number of hydrogen-bond acceptors (Lipinski definition) is 2. The lowest BCUT2D eigenvalue weighted by molar-refractivity contribution is 0.0740. The summed E-state index contributed by atoms with van der Waals surface area (Å²) in [4.78, 5) is 11.6. The predicted octanol–water partition coefficient (Wildman–Crippen LogP) is 2.95. The summed E-state index contributed by atoms with van der Waals surface area (Å²) in [5, 5.41) is 0.644. The van der Waals surface area contributed by atoms with Crippen LogP contribution in [-0.2, 0) is 4.74 Å². The largest absolute Gasteiger partial charge is 0.373 e. The van der Waals surface area contributed by atoms with E-state index in [-0.39, 0.29) is 12.4 Å². The Bertz CT molecular complexity index is 341. The second-order valence-electron chi connectivity index (χ2n) is 3.89. The van der Waals surface area contributed by atoms with Gasteiger partial charge in [-0.2, -0.15) is 0 Å². The third-order valence-corrected chi connectivity index (χ3v) is 2.70. The smallest absolute Gasteiger partial charge is 0.188 e. The maximum absolute atomic E-state index is 11.6.